The van der Waals surface area contributed by atoms with Crippen LogP contribution in [0.1, 0.15) is 103 Å². The molecule has 1 heterocycles. The number of rotatable bonds is 14. The van der Waals surface area contributed by atoms with Crippen LogP contribution in [0.5, 0.6) is 0 Å². The van der Waals surface area contributed by atoms with E-state index in [1.165, 1.54) is 95.2 Å². The Morgan fingerprint density at radius 1 is 0.708 bits per heavy atom. The molecule has 0 bridgehead atoms. The summed E-state index contributed by atoms with van der Waals surface area (Å²) in [7, 11) is 0. The molecule has 0 fully saturated rings. The number of hydrogen-bond acceptors (Lipinski definition) is 1. The Kier molecular flexibility index (Phi) is 20.4. The van der Waals surface area contributed by atoms with Gasteiger partial charge in [-0.15, -0.1) is 0 Å². The standard InChI is InChI=1S/C16H33Br.C6H7N/c1-2-3-4-5-6-7-8-9-10-11-12-13-14-15-16-17;1-6-4-2-3-5-7-6/h2-16H2,1H3;2-5H,1H3. The van der Waals surface area contributed by atoms with Crippen molar-refractivity contribution in [3.63, 3.8) is 0 Å². The van der Waals surface area contributed by atoms with Crippen molar-refractivity contribution in [2.75, 3.05) is 5.33 Å². The minimum Gasteiger partial charge on any atom is -0.262 e. The first kappa shape index (κ1) is 23.6. The highest BCUT2D eigenvalue weighted by molar-refractivity contribution is 9.09. The number of aryl methyl sites for hydroxylation is 1. The van der Waals surface area contributed by atoms with Gasteiger partial charge in [0.15, 0.2) is 0 Å². The second-order valence-electron chi connectivity index (χ2n) is 6.76. The average Bonchev–Trinajstić information content (AvgIpc) is 2.60. The van der Waals surface area contributed by atoms with E-state index in [0.717, 1.165) is 5.69 Å². The van der Waals surface area contributed by atoms with Crippen molar-refractivity contribution in [3.8, 4) is 0 Å². The normalized spacial score (nSPS) is 10.3. The molecule has 0 aliphatic carbocycles. The van der Waals surface area contributed by atoms with Gasteiger partial charge in [-0.2, -0.15) is 0 Å². The van der Waals surface area contributed by atoms with E-state index >= 15 is 0 Å². The van der Waals surface area contributed by atoms with E-state index in [4.69, 9.17) is 0 Å². The van der Waals surface area contributed by atoms with Crippen LogP contribution in [0.4, 0.5) is 0 Å². The van der Waals surface area contributed by atoms with Crippen molar-refractivity contribution >= 4 is 15.9 Å². The highest BCUT2D eigenvalue weighted by atomic mass is 79.9. The Morgan fingerprint density at radius 3 is 1.46 bits per heavy atom. The molecule has 24 heavy (non-hydrogen) atoms. The number of halogens is 1. The lowest BCUT2D eigenvalue weighted by atomic mass is 10.0. The zero-order chi connectivity index (χ0) is 17.7. The summed E-state index contributed by atoms with van der Waals surface area (Å²) < 4.78 is 0. The maximum atomic E-state index is 3.98. The van der Waals surface area contributed by atoms with Gasteiger partial charge in [0, 0.05) is 17.2 Å². The molecule has 1 aromatic heterocycles. The van der Waals surface area contributed by atoms with Gasteiger partial charge in [-0.3, -0.25) is 4.98 Å². The van der Waals surface area contributed by atoms with Gasteiger partial charge in [-0.1, -0.05) is 112 Å². The predicted molar refractivity (Wildman–Crippen MR) is 113 cm³/mol. The van der Waals surface area contributed by atoms with Crippen LogP contribution in [0, 0.1) is 6.92 Å². The molecule has 0 N–H and O–H groups in total. The maximum absolute atomic E-state index is 3.98. The van der Waals surface area contributed by atoms with Gasteiger partial charge in [0.1, 0.15) is 0 Å². The van der Waals surface area contributed by atoms with E-state index < -0.39 is 0 Å². The summed E-state index contributed by atoms with van der Waals surface area (Å²) in [4.78, 5) is 3.98. The minimum absolute atomic E-state index is 1.07. The molecule has 0 aliphatic heterocycles. The molecule has 140 valence electrons. The fraction of sp³-hybridized carbons (Fsp3) is 0.773. The first-order chi connectivity index (χ1) is 11.8. The first-order valence-corrected chi connectivity index (χ1v) is 11.4. The van der Waals surface area contributed by atoms with Crippen molar-refractivity contribution in [3.05, 3.63) is 30.1 Å². The van der Waals surface area contributed by atoms with Crippen molar-refractivity contribution in [2.24, 2.45) is 0 Å². The van der Waals surface area contributed by atoms with Gasteiger partial charge in [-0.05, 0) is 25.5 Å². The molecule has 1 rings (SSSR count). The topological polar surface area (TPSA) is 12.9 Å². The quantitative estimate of drug-likeness (QED) is 0.227. The molecule has 0 saturated heterocycles. The van der Waals surface area contributed by atoms with Crippen LogP contribution in [0.25, 0.3) is 0 Å². The van der Waals surface area contributed by atoms with Crippen molar-refractivity contribution in [2.45, 2.75) is 104 Å². The third-order valence-electron chi connectivity index (χ3n) is 4.30. The zero-order valence-electron chi connectivity index (χ0n) is 16.2. The minimum atomic E-state index is 1.07. The van der Waals surface area contributed by atoms with Gasteiger partial charge in [-0.25, -0.2) is 0 Å². The molecule has 0 amide bonds. The summed E-state index contributed by atoms with van der Waals surface area (Å²) in [5.41, 5.74) is 1.07. The van der Waals surface area contributed by atoms with Crippen LogP contribution >= 0.6 is 15.9 Å². The predicted octanol–water partition coefficient (Wildman–Crippen LogP) is 8.25. The molecule has 0 atom stereocenters. The lowest BCUT2D eigenvalue weighted by Gasteiger charge is -2.02. The van der Waals surface area contributed by atoms with E-state index in [0.29, 0.717) is 0 Å². The van der Waals surface area contributed by atoms with Gasteiger partial charge < -0.3 is 0 Å². The number of aromatic nitrogens is 1. The first-order valence-electron chi connectivity index (χ1n) is 10.2. The summed E-state index contributed by atoms with van der Waals surface area (Å²) in [5, 5.41) is 1.19. The fourth-order valence-corrected chi connectivity index (χ4v) is 3.13. The Bertz CT molecular complexity index is 312. The highest BCUT2D eigenvalue weighted by Gasteiger charge is 1.93. The Morgan fingerprint density at radius 2 is 1.17 bits per heavy atom. The van der Waals surface area contributed by atoms with Gasteiger partial charge in [0.05, 0.1) is 0 Å². The molecular formula is C22H40BrN. The largest absolute Gasteiger partial charge is 0.262 e. The smallest absolute Gasteiger partial charge is 0.0372 e. The number of hydrogen-bond donors (Lipinski definition) is 0. The molecular weight excluding hydrogens is 358 g/mol. The van der Waals surface area contributed by atoms with Gasteiger partial charge >= 0.3 is 0 Å². The van der Waals surface area contributed by atoms with Crippen LogP contribution in [0.2, 0.25) is 0 Å². The molecule has 0 saturated carbocycles. The summed E-state index contributed by atoms with van der Waals surface area (Å²) in [6.07, 6.45) is 22.1. The third-order valence-corrected chi connectivity index (χ3v) is 4.86. The molecule has 0 aliphatic rings. The second kappa shape index (κ2) is 20.7. The SMILES string of the molecule is CCCCCCCCCCCCCCCCBr.Cc1ccccn1. The van der Waals surface area contributed by atoms with Crippen LogP contribution in [-0.4, -0.2) is 10.3 Å². The Balaban J connectivity index is 0.000000620. The lowest BCUT2D eigenvalue weighted by Crippen LogP contribution is -1.83. The summed E-state index contributed by atoms with van der Waals surface area (Å²) in [6.45, 7) is 4.26. The summed E-state index contributed by atoms with van der Waals surface area (Å²) in [5.74, 6) is 0. The van der Waals surface area contributed by atoms with Crippen molar-refractivity contribution < 1.29 is 0 Å². The molecule has 0 unspecified atom stereocenters. The Hall–Kier alpha value is -0.370. The highest BCUT2D eigenvalue weighted by Crippen LogP contribution is 2.13. The number of pyridine rings is 1. The number of unbranched alkanes of at least 4 members (excludes halogenated alkanes) is 13. The van der Waals surface area contributed by atoms with Crippen LogP contribution in [-0.2, 0) is 0 Å². The van der Waals surface area contributed by atoms with Crippen LogP contribution < -0.4 is 0 Å². The molecule has 1 nitrogen and oxygen atoms in total. The second-order valence-corrected chi connectivity index (χ2v) is 7.55. The van der Waals surface area contributed by atoms with E-state index in [1.54, 1.807) is 6.20 Å². The maximum Gasteiger partial charge on any atom is 0.0372 e. The van der Waals surface area contributed by atoms with Crippen molar-refractivity contribution in [1.82, 2.24) is 4.98 Å². The molecule has 0 radical (unpaired) electrons. The molecule has 0 spiro atoms. The average molecular weight is 398 g/mol. The van der Waals surface area contributed by atoms with E-state index in [-0.39, 0.29) is 0 Å². The summed E-state index contributed by atoms with van der Waals surface area (Å²) in [6, 6.07) is 5.86. The van der Waals surface area contributed by atoms with Crippen LogP contribution in [0.15, 0.2) is 24.4 Å². The molecule has 2 heteroatoms. The van der Waals surface area contributed by atoms with E-state index in [9.17, 15) is 0 Å². The van der Waals surface area contributed by atoms with E-state index in [1.807, 2.05) is 25.1 Å². The number of nitrogens with zero attached hydrogens (tertiary/aromatic N) is 1. The third kappa shape index (κ3) is 19.7. The summed E-state index contributed by atoms with van der Waals surface area (Å²) >= 11 is 3.48. The fourth-order valence-electron chi connectivity index (χ4n) is 2.74. The van der Waals surface area contributed by atoms with Crippen LogP contribution in [0.3, 0.4) is 0 Å². The lowest BCUT2D eigenvalue weighted by molar-refractivity contribution is 0.538. The molecule has 1 aromatic rings. The van der Waals surface area contributed by atoms with Gasteiger partial charge in [0.2, 0.25) is 0 Å². The monoisotopic (exact) mass is 397 g/mol. The molecule has 0 aromatic carbocycles. The van der Waals surface area contributed by atoms with E-state index in [2.05, 4.69) is 27.8 Å². The number of alkyl halides is 1. The van der Waals surface area contributed by atoms with Gasteiger partial charge in [0.25, 0.3) is 0 Å². The van der Waals surface area contributed by atoms with Crippen molar-refractivity contribution in [1.29, 1.82) is 0 Å². The zero-order valence-corrected chi connectivity index (χ0v) is 17.8. The Labute approximate surface area is 160 Å².